The van der Waals surface area contributed by atoms with Gasteiger partial charge in [-0.3, -0.25) is 4.79 Å². The molecule has 0 N–H and O–H groups in total. The van der Waals surface area contributed by atoms with E-state index < -0.39 is 0 Å². The molecule has 2 aromatic rings. The number of hydrogen-bond donors (Lipinski definition) is 0. The molecule has 0 bridgehead atoms. The number of benzene rings is 1. The molecule has 1 aromatic heterocycles. The molecule has 1 aromatic carbocycles. The van der Waals surface area contributed by atoms with Crippen LogP contribution in [0.5, 0.6) is 0 Å². The van der Waals surface area contributed by atoms with Crippen LogP contribution in [0.1, 0.15) is 34.8 Å². The maximum absolute atomic E-state index is 12.9. The number of aromatic nitrogens is 1. The number of carbonyl (C=O) groups is 1. The second-order valence-electron chi connectivity index (χ2n) is 5.70. The zero-order valence-electron chi connectivity index (χ0n) is 12.5. The van der Waals surface area contributed by atoms with Crippen molar-refractivity contribution in [3.63, 3.8) is 0 Å². The first kappa shape index (κ1) is 14.3. The van der Waals surface area contributed by atoms with Crippen LogP contribution >= 0.6 is 0 Å². The van der Waals surface area contributed by atoms with Gasteiger partial charge in [0, 0.05) is 24.8 Å². The third kappa shape index (κ3) is 2.58. The molecular weight excluding hydrogens is 274 g/mol. The summed E-state index contributed by atoms with van der Waals surface area (Å²) in [4.78, 5) is 19.4. The molecular formula is C18H17N3O. The van der Waals surface area contributed by atoms with Gasteiger partial charge < -0.3 is 4.90 Å². The highest BCUT2D eigenvalue weighted by Crippen LogP contribution is 2.27. The summed E-state index contributed by atoms with van der Waals surface area (Å²) in [7, 11) is 0. The Kier molecular flexibility index (Phi) is 3.88. The van der Waals surface area contributed by atoms with Crippen LogP contribution in [0.25, 0.3) is 0 Å². The van der Waals surface area contributed by atoms with Crippen LogP contribution in [0.3, 0.4) is 0 Å². The first-order chi connectivity index (χ1) is 10.7. The summed E-state index contributed by atoms with van der Waals surface area (Å²) in [6.45, 7) is 4.03. The Hall–Kier alpha value is -2.67. The van der Waals surface area contributed by atoms with E-state index in [9.17, 15) is 10.1 Å². The minimum absolute atomic E-state index is 0.139. The fourth-order valence-electron chi connectivity index (χ4n) is 2.88. The van der Waals surface area contributed by atoms with Gasteiger partial charge in [0.05, 0.1) is 17.2 Å². The lowest BCUT2D eigenvalue weighted by Gasteiger charge is -2.19. The number of nitrogens with zero attached hydrogens (tertiary/aromatic N) is 3. The Morgan fingerprint density at radius 2 is 2.05 bits per heavy atom. The lowest BCUT2D eigenvalue weighted by molar-refractivity contribution is 0.103. The molecule has 0 amide bonds. The van der Waals surface area contributed by atoms with Gasteiger partial charge in [0.1, 0.15) is 5.82 Å². The van der Waals surface area contributed by atoms with Gasteiger partial charge in [0.25, 0.3) is 0 Å². The van der Waals surface area contributed by atoms with Crippen LogP contribution in [0, 0.1) is 17.2 Å². The molecule has 3 rings (SSSR count). The smallest absolute Gasteiger partial charge is 0.198 e. The standard InChI is InChI=1S/C18H17N3O/c1-13-8-10-21(12-13)18-16(7-4-9-20-18)17(22)15-6-3-2-5-14(15)11-19/h2-7,9,13H,8,10,12H2,1H3. The van der Waals surface area contributed by atoms with E-state index in [1.54, 1.807) is 42.6 Å². The number of hydrogen-bond acceptors (Lipinski definition) is 4. The van der Waals surface area contributed by atoms with Crippen molar-refractivity contribution < 1.29 is 4.79 Å². The quantitative estimate of drug-likeness (QED) is 0.816. The van der Waals surface area contributed by atoms with E-state index in [1.165, 1.54) is 0 Å². The van der Waals surface area contributed by atoms with E-state index >= 15 is 0 Å². The average Bonchev–Trinajstić information content (AvgIpc) is 3.00. The number of anilines is 1. The zero-order valence-corrected chi connectivity index (χ0v) is 12.5. The average molecular weight is 291 g/mol. The molecule has 1 aliphatic rings. The van der Waals surface area contributed by atoms with Crippen molar-refractivity contribution in [1.82, 2.24) is 4.98 Å². The Bertz CT molecular complexity index is 748. The van der Waals surface area contributed by atoms with Crippen LogP contribution < -0.4 is 4.90 Å². The third-order valence-corrected chi connectivity index (χ3v) is 4.05. The summed E-state index contributed by atoms with van der Waals surface area (Å²) in [6.07, 6.45) is 2.82. The molecule has 0 saturated carbocycles. The summed E-state index contributed by atoms with van der Waals surface area (Å²) in [5.74, 6) is 1.20. The van der Waals surface area contributed by atoms with E-state index in [4.69, 9.17) is 0 Å². The van der Waals surface area contributed by atoms with Crippen molar-refractivity contribution in [1.29, 1.82) is 5.26 Å². The molecule has 1 unspecified atom stereocenters. The second kappa shape index (κ2) is 5.98. The topological polar surface area (TPSA) is 57.0 Å². The highest BCUT2D eigenvalue weighted by atomic mass is 16.1. The predicted molar refractivity (Wildman–Crippen MR) is 84.8 cm³/mol. The minimum atomic E-state index is -0.139. The molecule has 1 saturated heterocycles. The maximum Gasteiger partial charge on any atom is 0.198 e. The number of pyridine rings is 1. The number of carbonyl (C=O) groups excluding carboxylic acids is 1. The summed E-state index contributed by atoms with van der Waals surface area (Å²) in [5, 5.41) is 9.20. The molecule has 0 radical (unpaired) electrons. The molecule has 0 aliphatic carbocycles. The van der Waals surface area contributed by atoms with Gasteiger partial charge in [0.15, 0.2) is 5.78 Å². The van der Waals surface area contributed by atoms with Gasteiger partial charge in [-0.2, -0.15) is 5.26 Å². The van der Waals surface area contributed by atoms with E-state index in [0.717, 1.165) is 25.3 Å². The molecule has 2 heterocycles. The first-order valence-corrected chi connectivity index (χ1v) is 7.44. The van der Waals surface area contributed by atoms with Crippen LogP contribution in [0.2, 0.25) is 0 Å². The number of rotatable bonds is 3. The highest BCUT2D eigenvalue weighted by molar-refractivity contribution is 6.13. The van der Waals surface area contributed by atoms with Crippen LogP contribution in [-0.2, 0) is 0 Å². The van der Waals surface area contributed by atoms with Crippen LogP contribution in [0.4, 0.5) is 5.82 Å². The summed E-state index contributed by atoms with van der Waals surface area (Å²) in [6, 6.07) is 12.6. The fraction of sp³-hybridized carbons (Fsp3) is 0.278. The van der Waals surface area contributed by atoms with Gasteiger partial charge in [-0.1, -0.05) is 19.1 Å². The Labute approximate surface area is 130 Å². The minimum Gasteiger partial charge on any atom is -0.356 e. The van der Waals surface area contributed by atoms with Crippen LogP contribution in [0.15, 0.2) is 42.6 Å². The monoisotopic (exact) mass is 291 g/mol. The fourth-order valence-corrected chi connectivity index (χ4v) is 2.88. The van der Waals surface area contributed by atoms with Gasteiger partial charge in [0.2, 0.25) is 0 Å². The largest absolute Gasteiger partial charge is 0.356 e. The van der Waals surface area contributed by atoms with E-state index in [0.29, 0.717) is 22.6 Å². The Morgan fingerprint density at radius 3 is 2.77 bits per heavy atom. The lowest BCUT2D eigenvalue weighted by atomic mass is 9.99. The van der Waals surface area contributed by atoms with Crippen molar-refractivity contribution >= 4 is 11.6 Å². The van der Waals surface area contributed by atoms with Gasteiger partial charge in [-0.15, -0.1) is 0 Å². The maximum atomic E-state index is 12.9. The van der Waals surface area contributed by atoms with E-state index in [1.807, 2.05) is 0 Å². The van der Waals surface area contributed by atoms with Crippen LogP contribution in [-0.4, -0.2) is 23.9 Å². The summed E-state index contributed by atoms with van der Waals surface area (Å²) in [5.41, 5.74) is 1.41. The molecule has 1 atom stereocenters. The SMILES string of the molecule is CC1CCN(c2ncccc2C(=O)c2ccccc2C#N)C1. The summed E-state index contributed by atoms with van der Waals surface area (Å²) >= 11 is 0. The van der Waals surface area contributed by atoms with Crippen molar-refractivity contribution in [2.75, 3.05) is 18.0 Å². The van der Waals surface area contributed by atoms with Crippen molar-refractivity contribution in [2.24, 2.45) is 5.92 Å². The molecule has 1 fully saturated rings. The molecule has 1 aliphatic heterocycles. The summed E-state index contributed by atoms with van der Waals surface area (Å²) < 4.78 is 0. The van der Waals surface area contributed by atoms with E-state index in [-0.39, 0.29) is 5.78 Å². The normalized spacial score (nSPS) is 17.3. The number of nitriles is 1. The Morgan fingerprint density at radius 1 is 1.27 bits per heavy atom. The molecule has 110 valence electrons. The van der Waals surface area contributed by atoms with Crippen molar-refractivity contribution in [3.8, 4) is 6.07 Å². The third-order valence-electron chi connectivity index (χ3n) is 4.05. The zero-order chi connectivity index (χ0) is 15.5. The van der Waals surface area contributed by atoms with E-state index in [2.05, 4.69) is 22.9 Å². The molecule has 4 nitrogen and oxygen atoms in total. The highest BCUT2D eigenvalue weighted by Gasteiger charge is 2.25. The van der Waals surface area contributed by atoms with Gasteiger partial charge in [-0.25, -0.2) is 4.98 Å². The molecule has 22 heavy (non-hydrogen) atoms. The van der Waals surface area contributed by atoms with Crippen molar-refractivity contribution in [3.05, 3.63) is 59.3 Å². The number of ketones is 1. The second-order valence-corrected chi connectivity index (χ2v) is 5.70. The Balaban J connectivity index is 2.02. The van der Waals surface area contributed by atoms with Gasteiger partial charge in [-0.05, 0) is 36.6 Å². The predicted octanol–water partition coefficient (Wildman–Crippen LogP) is 3.03. The molecule has 0 spiro atoms. The van der Waals surface area contributed by atoms with Gasteiger partial charge >= 0.3 is 0 Å². The molecule has 4 heteroatoms. The first-order valence-electron chi connectivity index (χ1n) is 7.44. The lowest BCUT2D eigenvalue weighted by Crippen LogP contribution is -2.23. The van der Waals surface area contributed by atoms with Crippen molar-refractivity contribution in [2.45, 2.75) is 13.3 Å².